The maximum Gasteiger partial charge on any atom is 0.344 e. The van der Waals surface area contributed by atoms with E-state index in [1.807, 2.05) is 32.0 Å². The number of para-hydroxylation sites is 1. The van der Waals surface area contributed by atoms with Crippen LogP contribution in [-0.4, -0.2) is 32.2 Å². The monoisotopic (exact) mass is 343 g/mol. The molecule has 2 aromatic carbocycles. The molecule has 6 nitrogen and oxygen atoms in total. The van der Waals surface area contributed by atoms with E-state index in [0.717, 1.165) is 11.1 Å². The maximum absolute atomic E-state index is 11.8. The third-order valence-corrected chi connectivity index (χ3v) is 3.46. The van der Waals surface area contributed by atoms with Gasteiger partial charge in [-0.05, 0) is 37.1 Å². The average molecular weight is 343 g/mol. The van der Waals surface area contributed by atoms with Crippen LogP contribution in [0.15, 0.2) is 42.5 Å². The van der Waals surface area contributed by atoms with Crippen molar-refractivity contribution in [3.8, 4) is 11.5 Å². The van der Waals surface area contributed by atoms with E-state index in [1.54, 1.807) is 31.4 Å². The van der Waals surface area contributed by atoms with Gasteiger partial charge < -0.3 is 19.5 Å². The van der Waals surface area contributed by atoms with Crippen LogP contribution in [0.2, 0.25) is 0 Å². The van der Waals surface area contributed by atoms with Crippen LogP contribution in [-0.2, 0) is 14.3 Å². The Balaban J connectivity index is 1.78. The number of nitrogens with one attached hydrogen (secondary N) is 1. The molecule has 2 aromatic rings. The number of benzene rings is 2. The van der Waals surface area contributed by atoms with Crippen LogP contribution in [0, 0.1) is 13.8 Å². The van der Waals surface area contributed by atoms with Gasteiger partial charge in [-0.25, -0.2) is 4.79 Å². The molecule has 6 heteroatoms. The fourth-order valence-corrected chi connectivity index (χ4v) is 2.24. The molecule has 0 radical (unpaired) electrons. The van der Waals surface area contributed by atoms with Crippen LogP contribution in [0.3, 0.4) is 0 Å². The first-order chi connectivity index (χ1) is 12.0. The molecule has 0 atom stereocenters. The average Bonchev–Trinajstić information content (AvgIpc) is 2.59. The Bertz CT molecular complexity index is 737. The first kappa shape index (κ1) is 18.3. The summed E-state index contributed by atoms with van der Waals surface area (Å²) in [5.41, 5.74) is 2.43. The molecule has 132 valence electrons. The standard InChI is InChI=1S/C19H21NO5/c1-13-6-4-7-14(2)19(13)25-12-18(22)24-11-17(21)20-15-8-5-9-16(10-15)23-3/h4-10H,11-12H2,1-3H3,(H,20,21). The second kappa shape index (κ2) is 8.73. The molecule has 25 heavy (non-hydrogen) atoms. The highest BCUT2D eigenvalue weighted by Gasteiger charge is 2.11. The van der Waals surface area contributed by atoms with Gasteiger partial charge in [-0.15, -0.1) is 0 Å². The summed E-state index contributed by atoms with van der Waals surface area (Å²) in [7, 11) is 1.54. The molecule has 0 unspecified atom stereocenters. The van der Waals surface area contributed by atoms with Crippen molar-refractivity contribution in [2.24, 2.45) is 0 Å². The van der Waals surface area contributed by atoms with Gasteiger partial charge >= 0.3 is 5.97 Å². The third-order valence-electron chi connectivity index (χ3n) is 3.46. The van der Waals surface area contributed by atoms with E-state index in [1.165, 1.54) is 0 Å². The summed E-state index contributed by atoms with van der Waals surface area (Å²) in [6.07, 6.45) is 0. The number of aryl methyl sites for hydroxylation is 2. The molecule has 0 aliphatic heterocycles. The van der Waals surface area contributed by atoms with Crippen molar-refractivity contribution < 1.29 is 23.8 Å². The van der Waals surface area contributed by atoms with Crippen molar-refractivity contribution in [2.75, 3.05) is 25.6 Å². The quantitative estimate of drug-likeness (QED) is 0.783. The number of rotatable bonds is 7. The van der Waals surface area contributed by atoms with E-state index in [2.05, 4.69) is 5.32 Å². The van der Waals surface area contributed by atoms with Crippen molar-refractivity contribution in [3.05, 3.63) is 53.6 Å². The number of esters is 1. The Kier molecular flexibility index (Phi) is 6.39. The number of carbonyl (C=O) groups is 2. The minimum absolute atomic E-state index is 0.252. The van der Waals surface area contributed by atoms with E-state index in [4.69, 9.17) is 14.2 Å². The summed E-state index contributed by atoms with van der Waals surface area (Å²) >= 11 is 0. The molecule has 0 aromatic heterocycles. The third kappa shape index (κ3) is 5.53. The molecule has 2 rings (SSSR count). The molecule has 0 saturated carbocycles. The van der Waals surface area contributed by atoms with E-state index in [9.17, 15) is 9.59 Å². The van der Waals surface area contributed by atoms with Gasteiger partial charge in [0.05, 0.1) is 7.11 Å². The van der Waals surface area contributed by atoms with Crippen molar-refractivity contribution in [1.29, 1.82) is 0 Å². The van der Waals surface area contributed by atoms with E-state index in [-0.39, 0.29) is 13.2 Å². The number of methoxy groups -OCH3 is 1. The Morgan fingerprint density at radius 2 is 1.68 bits per heavy atom. The maximum atomic E-state index is 11.8. The number of anilines is 1. The summed E-state index contributed by atoms with van der Waals surface area (Å²) in [6, 6.07) is 12.6. The second-order valence-corrected chi connectivity index (χ2v) is 5.45. The SMILES string of the molecule is COc1cccc(NC(=O)COC(=O)COc2c(C)cccc2C)c1. The van der Waals surface area contributed by atoms with Crippen molar-refractivity contribution in [1.82, 2.24) is 0 Å². The molecule has 1 amide bonds. The normalized spacial score (nSPS) is 10.0. The zero-order chi connectivity index (χ0) is 18.2. The topological polar surface area (TPSA) is 73.9 Å². The van der Waals surface area contributed by atoms with Gasteiger partial charge in [-0.2, -0.15) is 0 Å². The molecule has 0 spiro atoms. The number of ether oxygens (including phenoxy) is 3. The number of carbonyl (C=O) groups excluding carboxylic acids is 2. The van der Waals surface area contributed by atoms with Gasteiger partial charge in [0, 0.05) is 11.8 Å². The minimum Gasteiger partial charge on any atom is -0.497 e. The summed E-state index contributed by atoms with van der Waals surface area (Å²) < 4.78 is 15.5. The Labute approximate surface area is 146 Å². The Hall–Kier alpha value is -3.02. The predicted octanol–water partition coefficient (Wildman–Crippen LogP) is 2.87. The lowest BCUT2D eigenvalue weighted by atomic mass is 10.1. The van der Waals surface area contributed by atoms with Crippen LogP contribution in [0.5, 0.6) is 11.5 Å². The largest absolute Gasteiger partial charge is 0.497 e. The molecule has 0 fully saturated rings. The minimum atomic E-state index is -0.608. The van der Waals surface area contributed by atoms with Crippen LogP contribution in [0.1, 0.15) is 11.1 Å². The Morgan fingerprint density at radius 3 is 2.36 bits per heavy atom. The summed E-state index contributed by atoms with van der Waals surface area (Å²) in [5.74, 6) is 0.231. The summed E-state index contributed by atoms with van der Waals surface area (Å²) in [4.78, 5) is 23.6. The molecular weight excluding hydrogens is 322 g/mol. The first-order valence-electron chi connectivity index (χ1n) is 7.78. The first-order valence-corrected chi connectivity index (χ1v) is 7.78. The highest BCUT2D eigenvalue weighted by atomic mass is 16.6. The number of hydrogen-bond donors (Lipinski definition) is 1. The van der Waals surface area contributed by atoms with Crippen LogP contribution < -0.4 is 14.8 Å². The lowest BCUT2D eigenvalue weighted by Crippen LogP contribution is -2.23. The second-order valence-electron chi connectivity index (χ2n) is 5.45. The predicted molar refractivity (Wildman–Crippen MR) is 94.0 cm³/mol. The summed E-state index contributed by atoms with van der Waals surface area (Å²) in [6.45, 7) is 3.16. The molecule has 1 N–H and O–H groups in total. The van der Waals surface area contributed by atoms with Gasteiger partial charge in [0.1, 0.15) is 11.5 Å². The van der Waals surface area contributed by atoms with E-state index < -0.39 is 11.9 Å². The fraction of sp³-hybridized carbons (Fsp3) is 0.263. The zero-order valence-electron chi connectivity index (χ0n) is 14.5. The van der Waals surface area contributed by atoms with E-state index >= 15 is 0 Å². The zero-order valence-corrected chi connectivity index (χ0v) is 14.5. The van der Waals surface area contributed by atoms with Gasteiger partial charge in [-0.1, -0.05) is 24.3 Å². The van der Waals surface area contributed by atoms with Crippen LogP contribution >= 0.6 is 0 Å². The molecule has 0 aliphatic carbocycles. The highest BCUT2D eigenvalue weighted by molar-refractivity contribution is 5.93. The number of hydrogen-bond acceptors (Lipinski definition) is 5. The van der Waals surface area contributed by atoms with Crippen molar-refractivity contribution in [2.45, 2.75) is 13.8 Å². The lowest BCUT2D eigenvalue weighted by Gasteiger charge is -2.11. The lowest BCUT2D eigenvalue weighted by molar-refractivity contribution is -0.149. The van der Waals surface area contributed by atoms with Gasteiger partial charge in [-0.3, -0.25) is 4.79 Å². The van der Waals surface area contributed by atoms with Gasteiger partial charge in [0.15, 0.2) is 13.2 Å². The highest BCUT2D eigenvalue weighted by Crippen LogP contribution is 2.22. The van der Waals surface area contributed by atoms with Crippen LogP contribution in [0.4, 0.5) is 5.69 Å². The molecular formula is C19H21NO5. The molecule has 0 aliphatic rings. The van der Waals surface area contributed by atoms with Crippen molar-refractivity contribution >= 4 is 17.6 Å². The molecule has 0 bridgehead atoms. The van der Waals surface area contributed by atoms with Gasteiger partial charge in [0.25, 0.3) is 5.91 Å². The van der Waals surface area contributed by atoms with E-state index in [0.29, 0.717) is 17.2 Å². The fourth-order valence-electron chi connectivity index (χ4n) is 2.24. The molecule has 0 saturated heterocycles. The number of amides is 1. The summed E-state index contributed by atoms with van der Waals surface area (Å²) in [5, 5.41) is 2.63. The Morgan fingerprint density at radius 1 is 1.00 bits per heavy atom. The smallest absolute Gasteiger partial charge is 0.344 e. The van der Waals surface area contributed by atoms with Crippen LogP contribution in [0.25, 0.3) is 0 Å². The molecule has 0 heterocycles. The van der Waals surface area contributed by atoms with Crippen molar-refractivity contribution in [3.63, 3.8) is 0 Å². The van der Waals surface area contributed by atoms with Gasteiger partial charge in [0.2, 0.25) is 0 Å².